The second-order valence-electron chi connectivity index (χ2n) is 4.73. The van der Waals surface area contributed by atoms with Crippen LogP contribution in [0.25, 0.3) is 11.0 Å². The molecule has 0 saturated heterocycles. The number of fused-ring (bicyclic) bond motifs is 1. The van der Waals surface area contributed by atoms with Crippen molar-refractivity contribution in [1.29, 1.82) is 0 Å². The quantitative estimate of drug-likeness (QED) is 0.928. The molecule has 2 aromatic rings. The molecule has 1 atom stereocenters. The van der Waals surface area contributed by atoms with Gasteiger partial charge in [0.25, 0.3) is 5.91 Å². The average molecular weight is 307 g/mol. The summed E-state index contributed by atoms with van der Waals surface area (Å²) in [5, 5.41) is 4.46. The van der Waals surface area contributed by atoms with Gasteiger partial charge in [0.05, 0.1) is 18.9 Å². The van der Waals surface area contributed by atoms with E-state index in [0.29, 0.717) is 11.3 Å². The van der Waals surface area contributed by atoms with Crippen LogP contribution in [0, 0.1) is 0 Å². The molecule has 1 aromatic heterocycles. The van der Waals surface area contributed by atoms with Crippen LogP contribution in [-0.4, -0.2) is 33.2 Å². The highest BCUT2D eigenvalue weighted by molar-refractivity contribution is 7.94. The Bertz CT molecular complexity index is 834. The lowest BCUT2D eigenvalue weighted by Crippen LogP contribution is -2.35. The van der Waals surface area contributed by atoms with Crippen molar-refractivity contribution >= 4 is 26.7 Å². The van der Waals surface area contributed by atoms with E-state index in [1.165, 1.54) is 13.2 Å². The fraction of sp³-hybridized carbons (Fsp3) is 0.214. The molecule has 1 aromatic carbocycles. The second kappa shape index (κ2) is 4.92. The van der Waals surface area contributed by atoms with Gasteiger partial charge in [0.1, 0.15) is 0 Å². The lowest BCUT2D eigenvalue weighted by atomic mass is 10.2. The SMILES string of the molecule is COc1cccc2cc(C(=O)N[C@H]3C=CS(=O)(=O)C3)oc12. The van der Waals surface area contributed by atoms with Gasteiger partial charge in [0.15, 0.2) is 26.9 Å². The molecule has 0 saturated carbocycles. The van der Waals surface area contributed by atoms with Gasteiger partial charge in [-0.1, -0.05) is 12.1 Å². The van der Waals surface area contributed by atoms with Crippen molar-refractivity contribution in [2.45, 2.75) is 6.04 Å². The van der Waals surface area contributed by atoms with Crippen molar-refractivity contribution in [3.05, 3.63) is 41.5 Å². The van der Waals surface area contributed by atoms with Crippen LogP contribution >= 0.6 is 0 Å². The highest BCUT2D eigenvalue weighted by Crippen LogP contribution is 2.28. The first kappa shape index (κ1) is 13.7. The zero-order valence-electron chi connectivity index (χ0n) is 11.2. The Labute approximate surface area is 121 Å². The number of sulfone groups is 1. The smallest absolute Gasteiger partial charge is 0.287 e. The van der Waals surface area contributed by atoms with Crippen molar-refractivity contribution in [1.82, 2.24) is 5.32 Å². The van der Waals surface area contributed by atoms with E-state index in [1.54, 1.807) is 24.3 Å². The van der Waals surface area contributed by atoms with E-state index in [9.17, 15) is 13.2 Å². The second-order valence-corrected chi connectivity index (χ2v) is 6.66. The topological polar surface area (TPSA) is 85.6 Å². The third-order valence-corrected chi connectivity index (χ3v) is 4.59. The number of hydrogen-bond acceptors (Lipinski definition) is 5. The molecular formula is C14H13NO5S. The molecule has 1 N–H and O–H groups in total. The molecular weight excluding hydrogens is 294 g/mol. The molecule has 2 heterocycles. The minimum Gasteiger partial charge on any atom is -0.493 e. The molecule has 7 heteroatoms. The summed E-state index contributed by atoms with van der Waals surface area (Å²) < 4.78 is 33.3. The maximum Gasteiger partial charge on any atom is 0.287 e. The summed E-state index contributed by atoms with van der Waals surface area (Å²) in [5.41, 5.74) is 0.486. The molecule has 21 heavy (non-hydrogen) atoms. The van der Waals surface area contributed by atoms with Gasteiger partial charge in [-0.2, -0.15) is 0 Å². The van der Waals surface area contributed by atoms with E-state index in [4.69, 9.17) is 9.15 Å². The van der Waals surface area contributed by atoms with Gasteiger partial charge in [0.2, 0.25) is 0 Å². The molecule has 1 amide bonds. The lowest BCUT2D eigenvalue weighted by Gasteiger charge is -2.07. The number of carbonyl (C=O) groups excluding carboxylic acids is 1. The number of amides is 1. The molecule has 0 bridgehead atoms. The number of para-hydroxylation sites is 1. The standard InChI is InChI=1S/C14H13NO5S/c1-19-11-4-2-3-9-7-12(20-13(9)11)14(16)15-10-5-6-21(17,18)8-10/h2-7,10H,8H2,1H3,(H,15,16)/t10-/m0/s1. The van der Waals surface area contributed by atoms with E-state index in [1.807, 2.05) is 0 Å². The predicted octanol–water partition coefficient (Wildman–Crippen LogP) is 1.48. The number of methoxy groups -OCH3 is 1. The molecule has 0 fully saturated rings. The van der Waals surface area contributed by atoms with Crippen LogP contribution in [0.3, 0.4) is 0 Å². The molecule has 110 valence electrons. The van der Waals surface area contributed by atoms with Gasteiger partial charge in [-0.15, -0.1) is 0 Å². The summed E-state index contributed by atoms with van der Waals surface area (Å²) in [6.07, 6.45) is 1.45. The van der Waals surface area contributed by atoms with Crippen molar-refractivity contribution in [3.63, 3.8) is 0 Å². The molecule has 6 nitrogen and oxygen atoms in total. The number of benzene rings is 1. The minimum atomic E-state index is -3.20. The predicted molar refractivity (Wildman–Crippen MR) is 76.9 cm³/mol. The molecule has 0 radical (unpaired) electrons. The van der Waals surface area contributed by atoms with Gasteiger partial charge in [-0.05, 0) is 18.2 Å². The summed E-state index contributed by atoms with van der Waals surface area (Å²) in [5.74, 6) is 0.0737. The fourth-order valence-electron chi connectivity index (χ4n) is 2.21. The first-order valence-electron chi connectivity index (χ1n) is 6.27. The lowest BCUT2D eigenvalue weighted by molar-refractivity contribution is 0.0922. The van der Waals surface area contributed by atoms with Crippen molar-refractivity contribution in [2.75, 3.05) is 12.9 Å². The molecule has 0 spiro atoms. The molecule has 0 aliphatic carbocycles. The monoisotopic (exact) mass is 307 g/mol. The summed E-state index contributed by atoms with van der Waals surface area (Å²) in [4.78, 5) is 12.1. The Morgan fingerprint density at radius 3 is 2.90 bits per heavy atom. The fourth-order valence-corrected chi connectivity index (χ4v) is 3.45. The zero-order valence-corrected chi connectivity index (χ0v) is 12.0. The van der Waals surface area contributed by atoms with Gasteiger partial charge >= 0.3 is 0 Å². The van der Waals surface area contributed by atoms with Crippen LogP contribution in [0.4, 0.5) is 0 Å². The van der Waals surface area contributed by atoms with E-state index < -0.39 is 21.8 Å². The Morgan fingerprint density at radius 2 is 2.24 bits per heavy atom. The average Bonchev–Trinajstić information content (AvgIpc) is 3.01. The Balaban J connectivity index is 1.84. The zero-order chi connectivity index (χ0) is 15.0. The number of rotatable bonds is 3. The first-order valence-corrected chi connectivity index (χ1v) is 7.98. The number of hydrogen-bond donors (Lipinski definition) is 1. The maximum absolute atomic E-state index is 12.1. The molecule has 0 unspecified atom stereocenters. The van der Waals surface area contributed by atoms with E-state index in [0.717, 1.165) is 10.8 Å². The summed E-state index contributed by atoms with van der Waals surface area (Å²) in [6, 6.07) is 6.40. The summed E-state index contributed by atoms with van der Waals surface area (Å²) in [7, 11) is -1.69. The van der Waals surface area contributed by atoms with Crippen molar-refractivity contribution < 1.29 is 22.4 Å². The van der Waals surface area contributed by atoms with Crippen LogP contribution in [0.2, 0.25) is 0 Å². The highest BCUT2D eigenvalue weighted by Gasteiger charge is 2.24. The molecule has 1 aliphatic heterocycles. The highest BCUT2D eigenvalue weighted by atomic mass is 32.2. The third-order valence-electron chi connectivity index (χ3n) is 3.20. The third kappa shape index (κ3) is 2.64. The minimum absolute atomic E-state index is 0.118. The Morgan fingerprint density at radius 1 is 1.43 bits per heavy atom. The largest absolute Gasteiger partial charge is 0.493 e. The number of carbonyl (C=O) groups is 1. The van der Waals surface area contributed by atoms with E-state index in [2.05, 4.69) is 5.32 Å². The van der Waals surface area contributed by atoms with Gasteiger partial charge in [-0.25, -0.2) is 8.42 Å². The van der Waals surface area contributed by atoms with E-state index >= 15 is 0 Å². The molecule has 3 rings (SSSR count). The van der Waals surface area contributed by atoms with Gasteiger partial charge in [0, 0.05) is 10.8 Å². The Kier molecular flexibility index (Phi) is 3.21. The van der Waals surface area contributed by atoms with Gasteiger partial charge < -0.3 is 14.5 Å². The number of nitrogens with one attached hydrogen (secondary N) is 1. The van der Waals surface area contributed by atoms with Crippen LogP contribution in [-0.2, 0) is 9.84 Å². The van der Waals surface area contributed by atoms with E-state index in [-0.39, 0.29) is 11.5 Å². The molecule has 1 aliphatic rings. The number of ether oxygens (including phenoxy) is 1. The van der Waals surface area contributed by atoms with Crippen molar-refractivity contribution in [2.24, 2.45) is 0 Å². The normalized spacial score (nSPS) is 19.8. The van der Waals surface area contributed by atoms with Crippen LogP contribution in [0.15, 0.2) is 40.2 Å². The van der Waals surface area contributed by atoms with Gasteiger partial charge in [-0.3, -0.25) is 4.79 Å². The van der Waals surface area contributed by atoms with Crippen LogP contribution in [0.1, 0.15) is 10.6 Å². The number of furan rings is 1. The van der Waals surface area contributed by atoms with Crippen molar-refractivity contribution in [3.8, 4) is 5.75 Å². The van der Waals surface area contributed by atoms with Crippen LogP contribution < -0.4 is 10.1 Å². The Hall–Kier alpha value is -2.28. The summed E-state index contributed by atoms with van der Waals surface area (Å²) in [6.45, 7) is 0. The van der Waals surface area contributed by atoms with Crippen LogP contribution in [0.5, 0.6) is 5.75 Å². The maximum atomic E-state index is 12.1. The first-order chi connectivity index (χ1) is 9.98. The summed E-state index contributed by atoms with van der Waals surface area (Å²) >= 11 is 0.